The van der Waals surface area contributed by atoms with E-state index >= 15 is 0 Å². The predicted octanol–water partition coefficient (Wildman–Crippen LogP) is 0.590. The van der Waals surface area contributed by atoms with Crippen LogP contribution in [0.2, 0.25) is 0 Å². The van der Waals surface area contributed by atoms with Gasteiger partial charge in [-0.2, -0.15) is 0 Å². The number of fused-ring (bicyclic) bond motifs is 2. The quantitative estimate of drug-likeness (QED) is 0.121. The van der Waals surface area contributed by atoms with Crippen LogP contribution in [-0.2, 0) is 52.4 Å². The van der Waals surface area contributed by atoms with Crippen LogP contribution in [0.25, 0.3) is 0 Å². The van der Waals surface area contributed by atoms with E-state index in [-0.39, 0.29) is 38.6 Å². The molecule has 0 aliphatic carbocycles. The van der Waals surface area contributed by atoms with Crippen LogP contribution in [0, 0.1) is 11.8 Å². The molecule has 1 fully saturated rings. The van der Waals surface area contributed by atoms with Crippen molar-refractivity contribution in [2.75, 3.05) is 33.0 Å². The second kappa shape index (κ2) is 11.9. The Balaban J connectivity index is 2.12. The summed E-state index contributed by atoms with van der Waals surface area (Å²) >= 11 is 0. The summed E-state index contributed by atoms with van der Waals surface area (Å²) in [6.45, 7) is 10.1. The van der Waals surface area contributed by atoms with Crippen molar-refractivity contribution in [1.82, 2.24) is 0 Å². The minimum atomic E-state index is -1.47. The number of carbonyl (C=O) groups is 5. The Morgan fingerprint density at radius 3 is 1.94 bits per heavy atom. The standard InChI is InChI=1S/C23H26O11/c1-5-16(24)29-9-11-31-21(27)18-15-7-8-23(34-15,13-33-20(26)14(3)4)19(18)22(28)32-12-10-30-17(25)6-2/h5-8,15,18-19H,1-3,9-13H2,4H3. The van der Waals surface area contributed by atoms with Crippen LogP contribution in [0.4, 0.5) is 0 Å². The number of ether oxygens (including phenoxy) is 6. The zero-order valence-corrected chi connectivity index (χ0v) is 18.7. The van der Waals surface area contributed by atoms with Gasteiger partial charge in [0.1, 0.15) is 50.5 Å². The smallest absolute Gasteiger partial charge is 0.333 e. The Hall–Kier alpha value is -3.73. The molecule has 11 heteroatoms. The third kappa shape index (κ3) is 6.41. The monoisotopic (exact) mass is 478 g/mol. The first-order valence-corrected chi connectivity index (χ1v) is 10.3. The minimum absolute atomic E-state index is 0.140. The van der Waals surface area contributed by atoms with E-state index in [0.717, 1.165) is 12.2 Å². The lowest BCUT2D eigenvalue weighted by molar-refractivity contribution is -0.166. The lowest BCUT2D eigenvalue weighted by atomic mass is 9.75. The molecule has 0 aromatic heterocycles. The first-order chi connectivity index (χ1) is 16.1. The fourth-order valence-corrected chi connectivity index (χ4v) is 3.42. The van der Waals surface area contributed by atoms with E-state index in [4.69, 9.17) is 28.4 Å². The Labute approximate surface area is 195 Å². The normalized spacial score (nSPS) is 24.0. The molecule has 1 saturated heterocycles. The summed E-state index contributed by atoms with van der Waals surface area (Å²) in [6, 6.07) is 0. The first kappa shape index (κ1) is 26.5. The molecule has 0 radical (unpaired) electrons. The molecule has 2 heterocycles. The summed E-state index contributed by atoms with van der Waals surface area (Å²) < 4.78 is 30.9. The molecule has 0 spiro atoms. The summed E-state index contributed by atoms with van der Waals surface area (Å²) in [5, 5.41) is 0. The Morgan fingerprint density at radius 2 is 1.41 bits per heavy atom. The van der Waals surface area contributed by atoms with Crippen LogP contribution in [-0.4, -0.2) is 74.6 Å². The molecule has 0 aromatic rings. The van der Waals surface area contributed by atoms with Crippen LogP contribution in [0.15, 0.2) is 49.6 Å². The van der Waals surface area contributed by atoms with Crippen LogP contribution in [0.3, 0.4) is 0 Å². The van der Waals surface area contributed by atoms with Crippen LogP contribution in [0.5, 0.6) is 0 Å². The van der Waals surface area contributed by atoms with Gasteiger partial charge in [-0.25, -0.2) is 14.4 Å². The molecule has 0 aromatic carbocycles. The summed E-state index contributed by atoms with van der Waals surface area (Å²) in [4.78, 5) is 59.9. The van der Waals surface area contributed by atoms with E-state index < -0.39 is 53.4 Å². The van der Waals surface area contributed by atoms with Gasteiger partial charge in [-0.15, -0.1) is 0 Å². The van der Waals surface area contributed by atoms with Gasteiger partial charge in [0.05, 0.1) is 6.10 Å². The van der Waals surface area contributed by atoms with E-state index in [1.807, 2.05) is 0 Å². The highest BCUT2D eigenvalue weighted by Crippen LogP contribution is 2.48. The Morgan fingerprint density at radius 1 is 0.882 bits per heavy atom. The molecule has 2 aliphatic rings. The first-order valence-electron chi connectivity index (χ1n) is 10.3. The van der Waals surface area contributed by atoms with Gasteiger partial charge in [-0.1, -0.05) is 25.8 Å². The van der Waals surface area contributed by atoms with Gasteiger partial charge in [0, 0.05) is 17.7 Å². The van der Waals surface area contributed by atoms with Gasteiger partial charge in [0.15, 0.2) is 0 Å². The lowest BCUT2D eigenvalue weighted by Crippen LogP contribution is -2.48. The second-order valence-electron chi connectivity index (χ2n) is 7.33. The molecule has 0 amide bonds. The van der Waals surface area contributed by atoms with Gasteiger partial charge in [-0.3, -0.25) is 9.59 Å². The van der Waals surface area contributed by atoms with Gasteiger partial charge < -0.3 is 28.4 Å². The molecule has 2 rings (SSSR count). The number of esters is 5. The molecule has 2 aliphatic heterocycles. The number of hydrogen-bond donors (Lipinski definition) is 0. The van der Waals surface area contributed by atoms with E-state index in [2.05, 4.69) is 19.7 Å². The van der Waals surface area contributed by atoms with Gasteiger partial charge in [-0.05, 0) is 13.0 Å². The van der Waals surface area contributed by atoms with Crippen LogP contribution >= 0.6 is 0 Å². The minimum Gasteiger partial charge on any atom is -0.462 e. The third-order valence-electron chi connectivity index (χ3n) is 4.94. The summed E-state index contributed by atoms with van der Waals surface area (Å²) in [7, 11) is 0. The zero-order chi connectivity index (χ0) is 25.3. The molecule has 184 valence electrons. The Kier molecular flexibility index (Phi) is 9.31. The average molecular weight is 478 g/mol. The highest BCUT2D eigenvalue weighted by atomic mass is 16.6. The lowest BCUT2D eigenvalue weighted by Gasteiger charge is -2.30. The van der Waals surface area contributed by atoms with Gasteiger partial charge in [0.2, 0.25) is 0 Å². The van der Waals surface area contributed by atoms with Crippen LogP contribution < -0.4 is 0 Å². The highest BCUT2D eigenvalue weighted by molar-refractivity contribution is 5.88. The number of carbonyl (C=O) groups excluding carboxylic acids is 5. The fraction of sp³-hybridized carbons (Fsp3) is 0.435. The van der Waals surface area contributed by atoms with Crippen molar-refractivity contribution in [3.8, 4) is 0 Å². The fourth-order valence-electron chi connectivity index (χ4n) is 3.42. The summed E-state index contributed by atoms with van der Waals surface area (Å²) in [6.07, 6.45) is 4.17. The predicted molar refractivity (Wildman–Crippen MR) is 114 cm³/mol. The Bertz CT molecular complexity index is 903. The summed E-state index contributed by atoms with van der Waals surface area (Å²) in [5.74, 6) is -6.05. The van der Waals surface area contributed by atoms with Crippen LogP contribution in [0.1, 0.15) is 6.92 Å². The maximum absolute atomic E-state index is 13.0. The number of hydrogen-bond acceptors (Lipinski definition) is 11. The largest absolute Gasteiger partial charge is 0.462 e. The molecule has 0 N–H and O–H groups in total. The average Bonchev–Trinajstić information content (AvgIpc) is 3.39. The van der Waals surface area contributed by atoms with E-state index in [1.54, 1.807) is 6.08 Å². The van der Waals surface area contributed by atoms with E-state index in [1.165, 1.54) is 13.0 Å². The molecule has 4 atom stereocenters. The molecule has 4 unspecified atom stereocenters. The van der Waals surface area contributed by atoms with Crippen molar-refractivity contribution in [1.29, 1.82) is 0 Å². The maximum atomic E-state index is 13.0. The molecule has 34 heavy (non-hydrogen) atoms. The molecule has 0 saturated carbocycles. The third-order valence-corrected chi connectivity index (χ3v) is 4.94. The van der Waals surface area contributed by atoms with Crippen molar-refractivity contribution < 1.29 is 52.4 Å². The highest BCUT2D eigenvalue weighted by Gasteiger charge is 2.64. The van der Waals surface area contributed by atoms with Gasteiger partial charge >= 0.3 is 29.8 Å². The molecule has 2 bridgehead atoms. The maximum Gasteiger partial charge on any atom is 0.333 e. The van der Waals surface area contributed by atoms with Crippen molar-refractivity contribution in [3.63, 3.8) is 0 Å². The summed E-state index contributed by atoms with van der Waals surface area (Å²) in [5.41, 5.74) is -1.33. The van der Waals surface area contributed by atoms with E-state index in [9.17, 15) is 24.0 Å². The van der Waals surface area contributed by atoms with Gasteiger partial charge in [0.25, 0.3) is 0 Å². The number of rotatable bonds is 13. The van der Waals surface area contributed by atoms with E-state index in [0.29, 0.717) is 0 Å². The topological polar surface area (TPSA) is 141 Å². The van der Waals surface area contributed by atoms with Crippen molar-refractivity contribution >= 4 is 29.8 Å². The van der Waals surface area contributed by atoms with Crippen molar-refractivity contribution in [3.05, 3.63) is 49.6 Å². The van der Waals surface area contributed by atoms with Crippen molar-refractivity contribution in [2.24, 2.45) is 11.8 Å². The second-order valence-corrected chi connectivity index (χ2v) is 7.33. The molecular formula is C23H26O11. The zero-order valence-electron chi connectivity index (χ0n) is 18.7. The molecule has 11 nitrogen and oxygen atoms in total. The molecular weight excluding hydrogens is 452 g/mol. The SMILES string of the molecule is C=CC(=O)OCCOC(=O)C1C2C=CC(COC(=O)C(=C)C)(O2)C1C(=O)OCCOC(=O)C=C. The van der Waals surface area contributed by atoms with Crippen molar-refractivity contribution in [2.45, 2.75) is 18.6 Å².